The molecular weight excluding hydrogens is 316 g/mol. The van der Waals surface area contributed by atoms with Crippen LogP contribution in [-0.2, 0) is 9.47 Å². The lowest BCUT2D eigenvalue weighted by molar-refractivity contribution is 0.0424. The van der Waals surface area contributed by atoms with Crippen molar-refractivity contribution in [2.24, 2.45) is 10.9 Å². The van der Waals surface area contributed by atoms with Gasteiger partial charge in [0, 0.05) is 32.8 Å². The summed E-state index contributed by atoms with van der Waals surface area (Å²) in [5, 5.41) is 6.78. The number of likely N-dealkylation sites (tertiary alicyclic amines) is 1. The number of nitrogens with one attached hydrogen (secondary N) is 2. The van der Waals surface area contributed by atoms with Gasteiger partial charge in [-0.25, -0.2) is 0 Å². The number of piperidine rings is 1. The highest BCUT2D eigenvalue weighted by Crippen LogP contribution is 2.15. The van der Waals surface area contributed by atoms with Gasteiger partial charge in [0.15, 0.2) is 5.96 Å². The van der Waals surface area contributed by atoms with Crippen LogP contribution in [0.1, 0.15) is 46.0 Å². The van der Waals surface area contributed by atoms with E-state index in [0.29, 0.717) is 6.10 Å². The fourth-order valence-corrected chi connectivity index (χ4v) is 3.29. The summed E-state index contributed by atoms with van der Waals surface area (Å²) in [7, 11) is 0. The Labute approximate surface area is 153 Å². The third kappa shape index (κ3) is 8.88. The van der Waals surface area contributed by atoms with Crippen LogP contribution in [0.2, 0.25) is 0 Å². The molecule has 6 heteroatoms. The van der Waals surface area contributed by atoms with E-state index in [1.807, 2.05) is 0 Å². The minimum absolute atomic E-state index is 0.299. The Morgan fingerprint density at radius 3 is 2.76 bits per heavy atom. The monoisotopic (exact) mass is 354 g/mol. The summed E-state index contributed by atoms with van der Waals surface area (Å²) < 4.78 is 11.1. The average Bonchev–Trinajstić information content (AvgIpc) is 3.13. The van der Waals surface area contributed by atoms with Gasteiger partial charge in [-0.15, -0.1) is 0 Å². The molecule has 25 heavy (non-hydrogen) atoms. The molecule has 0 aromatic carbocycles. The normalized spacial score (nSPS) is 23.1. The zero-order valence-electron chi connectivity index (χ0n) is 16.3. The van der Waals surface area contributed by atoms with Crippen molar-refractivity contribution in [2.75, 3.05) is 59.1 Å². The van der Waals surface area contributed by atoms with Crippen LogP contribution in [0, 0.1) is 5.92 Å². The molecule has 0 saturated carbocycles. The first-order chi connectivity index (χ1) is 12.3. The lowest BCUT2D eigenvalue weighted by Crippen LogP contribution is -2.39. The van der Waals surface area contributed by atoms with Gasteiger partial charge in [-0.2, -0.15) is 0 Å². The third-order valence-electron chi connectivity index (χ3n) is 4.98. The molecule has 1 atom stereocenters. The van der Waals surface area contributed by atoms with Crippen molar-refractivity contribution < 1.29 is 9.47 Å². The van der Waals surface area contributed by atoms with Gasteiger partial charge in [-0.1, -0.05) is 6.92 Å². The maximum atomic E-state index is 5.78. The Morgan fingerprint density at radius 2 is 2.04 bits per heavy atom. The number of ether oxygens (including phenoxy) is 2. The van der Waals surface area contributed by atoms with Gasteiger partial charge in [0.1, 0.15) is 0 Å². The van der Waals surface area contributed by atoms with Crippen LogP contribution in [0.3, 0.4) is 0 Å². The van der Waals surface area contributed by atoms with Crippen molar-refractivity contribution in [3.05, 3.63) is 0 Å². The number of hydrogen-bond donors (Lipinski definition) is 2. The first-order valence-electron chi connectivity index (χ1n) is 10.2. The minimum Gasteiger partial charge on any atom is -0.379 e. The molecule has 2 saturated heterocycles. The predicted molar refractivity (Wildman–Crippen MR) is 103 cm³/mol. The van der Waals surface area contributed by atoms with Crippen molar-refractivity contribution in [1.29, 1.82) is 0 Å². The average molecular weight is 355 g/mol. The maximum absolute atomic E-state index is 5.78. The second kappa shape index (κ2) is 12.5. The quantitative estimate of drug-likeness (QED) is 0.356. The van der Waals surface area contributed by atoms with Crippen molar-refractivity contribution >= 4 is 5.96 Å². The van der Waals surface area contributed by atoms with Crippen LogP contribution in [0.4, 0.5) is 0 Å². The predicted octanol–water partition coefficient (Wildman–Crippen LogP) is 1.86. The number of hydrogen-bond acceptors (Lipinski definition) is 4. The molecule has 0 radical (unpaired) electrons. The Hall–Kier alpha value is -0.850. The highest BCUT2D eigenvalue weighted by atomic mass is 16.5. The van der Waals surface area contributed by atoms with E-state index in [-0.39, 0.29) is 0 Å². The van der Waals surface area contributed by atoms with E-state index in [2.05, 4.69) is 34.4 Å². The van der Waals surface area contributed by atoms with Crippen molar-refractivity contribution in [3.8, 4) is 0 Å². The second-order valence-corrected chi connectivity index (χ2v) is 7.28. The van der Waals surface area contributed by atoms with Gasteiger partial charge >= 0.3 is 0 Å². The molecule has 146 valence electrons. The molecule has 2 N–H and O–H groups in total. The van der Waals surface area contributed by atoms with E-state index in [1.165, 1.54) is 38.9 Å². The summed E-state index contributed by atoms with van der Waals surface area (Å²) in [6, 6.07) is 0. The molecule has 2 heterocycles. The van der Waals surface area contributed by atoms with E-state index >= 15 is 0 Å². The maximum Gasteiger partial charge on any atom is 0.191 e. The van der Waals surface area contributed by atoms with E-state index in [4.69, 9.17) is 9.47 Å². The van der Waals surface area contributed by atoms with Gasteiger partial charge in [-0.05, 0) is 64.6 Å². The van der Waals surface area contributed by atoms with Crippen LogP contribution >= 0.6 is 0 Å². The lowest BCUT2D eigenvalue weighted by Gasteiger charge is -2.30. The topological polar surface area (TPSA) is 58.1 Å². The Morgan fingerprint density at radius 1 is 1.20 bits per heavy atom. The van der Waals surface area contributed by atoms with Gasteiger partial charge in [0.05, 0.1) is 12.7 Å². The lowest BCUT2D eigenvalue weighted by atomic mass is 9.99. The molecule has 0 aromatic heterocycles. The smallest absolute Gasteiger partial charge is 0.191 e. The number of nitrogens with zero attached hydrogens (tertiary/aromatic N) is 2. The summed E-state index contributed by atoms with van der Waals surface area (Å²) in [6.45, 7) is 13.2. The molecule has 2 aliphatic heterocycles. The summed E-state index contributed by atoms with van der Waals surface area (Å²) in [5.41, 5.74) is 0. The molecule has 6 nitrogen and oxygen atoms in total. The molecule has 2 rings (SSSR count). The van der Waals surface area contributed by atoms with E-state index in [1.54, 1.807) is 0 Å². The first kappa shape index (κ1) is 20.5. The van der Waals surface area contributed by atoms with Crippen molar-refractivity contribution in [1.82, 2.24) is 15.5 Å². The van der Waals surface area contributed by atoms with Crippen LogP contribution in [0.5, 0.6) is 0 Å². The van der Waals surface area contributed by atoms with Crippen LogP contribution in [0.15, 0.2) is 4.99 Å². The Balaban J connectivity index is 1.52. The zero-order chi connectivity index (χ0) is 17.7. The standard InChI is InChI=1S/C19H38N4O2/c1-3-20-19(22-10-5-14-25-18-8-15-24-16-18)21-9-4-11-23-12-6-17(2)7-13-23/h17-18H,3-16H2,1-2H3,(H2,20,21,22). The van der Waals surface area contributed by atoms with Gasteiger partial charge in [0.25, 0.3) is 0 Å². The molecular formula is C19H38N4O2. The van der Waals surface area contributed by atoms with Crippen LogP contribution in [0.25, 0.3) is 0 Å². The molecule has 0 aromatic rings. The molecule has 0 bridgehead atoms. The van der Waals surface area contributed by atoms with Crippen LogP contribution < -0.4 is 10.6 Å². The first-order valence-corrected chi connectivity index (χ1v) is 10.2. The molecule has 0 spiro atoms. The summed E-state index contributed by atoms with van der Waals surface area (Å²) >= 11 is 0. The summed E-state index contributed by atoms with van der Waals surface area (Å²) in [6.07, 6.45) is 6.17. The number of guanidine groups is 1. The van der Waals surface area contributed by atoms with E-state index < -0.39 is 0 Å². The molecule has 2 aliphatic rings. The molecule has 0 aliphatic carbocycles. The van der Waals surface area contributed by atoms with E-state index in [9.17, 15) is 0 Å². The van der Waals surface area contributed by atoms with Crippen LogP contribution in [-0.4, -0.2) is 76.1 Å². The largest absolute Gasteiger partial charge is 0.379 e. The fourth-order valence-electron chi connectivity index (χ4n) is 3.29. The Kier molecular flexibility index (Phi) is 10.2. The number of aliphatic imine (C=N–C) groups is 1. The SMILES string of the molecule is CCNC(=NCCCOC1CCOC1)NCCCN1CCC(C)CC1. The number of rotatable bonds is 10. The van der Waals surface area contributed by atoms with Crippen molar-refractivity contribution in [2.45, 2.75) is 52.1 Å². The summed E-state index contributed by atoms with van der Waals surface area (Å²) in [5.74, 6) is 1.84. The fraction of sp³-hybridized carbons (Fsp3) is 0.947. The van der Waals surface area contributed by atoms with Gasteiger partial charge in [0.2, 0.25) is 0 Å². The zero-order valence-corrected chi connectivity index (χ0v) is 16.3. The molecule has 1 unspecified atom stereocenters. The van der Waals surface area contributed by atoms with Gasteiger partial charge < -0.3 is 25.0 Å². The van der Waals surface area contributed by atoms with Crippen molar-refractivity contribution in [3.63, 3.8) is 0 Å². The minimum atomic E-state index is 0.299. The second-order valence-electron chi connectivity index (χ2n) is 7.28. The van der Waals surface area contributed by atoms with E-state index in [0.717, 1.165) is 64.2 Å². The highest BCUT2D eigenvalue weighted by molar-refractivity contribution is 5.79. The molecule has 0 amide bonds. The van der Waals surface area contributed by atoms with Gasteiger partial charge in [-0.3, -0.25) is 4.99 Å². The molecule has 2 fully saturated rings. The summed E-state index contributed by atoms with van der Waals surface area (Å²) in [4.78, 5) is 7.23. The Bertz CT molecular complexity index is 364. The third-order valence-corrected chi connectivity index (χ3v) is 4.98. The highest BCUT2D eigenvalue weighted by Gasteiger charge is 2.15.